The molecule has 4 aliphatic rings. The van der Waals surface area contributed by atoms with Crippen LogP contribution >= 0.6 is 0 Å². The third kappa shape index (κ3) is 2.83. The van der Waals surface area contributed by atoms with Gasteiger partial charge in [0.25, 0.3) is 0 Å². The van der Waals surface area contributed by atoms with Gasteiger partial charge in [0.15, 0.2) is 0 Å². The number of hydrogen-bond donors (Lipinski definition) is 0. The highest BCUT2D eigenvalue weighted by atomic mass is 14.6. The molecule has 0 saturated heterocycles. The summed E-state index contributed by atoms with van der Waals surface area (Å²) in [5.74, 6) is 6.39. The van der Waals surface area contributed by atoms with Gasteiger partial charge in [-0.1, -0.05) is 46.8 Å². The lowest BCUT2D eigenvalue weighted by Gasteiger charge is -2.55. The van der Waals surface area contributed by atoms with Crippen LogP contribution in [-0.4, -0.2) is 0 Å². The molecule has 0 nitrogen and oxygen atoms in total. The first-order valence-electron chi connectivity index (χ1n) is 9.79. The summed E-state index contributed by atoms with van der Waals surface area (Å²) in [5.41, 5.74) is 2.39. The van der Waals surface area contributed by atoms with Gasteiger partial charge in [-0.2, -0.15) is 0 Å². The second-order valence-corrected chi connectivity index (χ2v) is 9.15. The highest BCUT2D eigenvalue weighted by Gasteiger charge is 2.55. The normalized spacial score (nSPS) is 48.0. The standard InChI is InChI=1S/C21H34.2CH4/c1-4-16-7-10-20-19-9-6-15-13-14(2)5-8-17(15)18(19)11-12-21(16,20)3;;/h5,15-20H,4,6-13H2,1-3H3;2*1H4. The molecule has 0 aliphatic heterocycles. The van der Waals surface area contributed by atoms with Crippen LogP contribution < -0.4 is 0 Å². The third-order valence-electron chi connectivity index (χ3n) is 8.53. The zero-order valence-corrected chi connectivity index (χ0v) is 14.4. The Morgan fingerprint density at radius 1 is 1.00 bits per heavy atom. The Morgan fingerprint density at radius 2 is 1.78 bits per heavy atom. The van der Waals surface area contributed by atoms with Crippen molar-refractivity contribution in [1.29, 1.82) is 0 Å². The van der Waals surface area contributed by atoms with Crippen LogP contribution in [0.1, 0.15) is 93.4 Å². The minimum absolute atomic E-state index is 0. The summed E-state index contributed by atoms with van der Waals surface area (Å²) in [6.45, 7) is 7.48. The summed E-state index contributed by atoms with van der Waals surface area (Å²) in [5, 5.41) is 0. The van der Waals surface area contributed by atoms with E-state index in [1.807, 2.05) is 0 Å². The molecule has 3 fully saturated rings. The number of fused-ring (bicyclic) bond motifs is 5. The molecule has 0 aromatic rings. The van der Waals surface area contributed by atoms with E-state index < -0.39 is 0 Å². The van der Waals surface area contributed by atoms with Crippen molar-refractivity contribution in [1.82, 2.24) is 0 Å². The van der Waals surface area contributed by atoms with Gasteiger partial charge in [-0.25, -0.2) is 0 Å². The van der Waals surface area contributed by atoms with Crippen LogP contribution in [0.5, 0.6) is 0 Å². The zero-order valence-electron chi connectivity index (χ0n) is 14.4. The first-order valence-corrected chi connectivity index (χ1v) is 9.79. The van der Waals surface area contributed by atoms with E-state index in [2.05, 4.69) is 26.8 Å². The largest absolute Gasteiger partial charge is 0.0853 e. The van der Waals surface area contributed by atoms with E-state index in [0.29, 0.717) is 5.41 Å². The molecule has 4 aliphatic carbocycles. The minimum atomic E-state index is 0. The summed E-state index contributed by atoms with van der Waals surface area (Å²) < 4.78 is 0. The molecule has 0 heterocycles. The van der Waals surface area contributed by atoms with Gasteiger partial charge in [0.1, 0.15) is 0 Å². The molecule has 0 spiro atoms. The van der Waals surface area contributed by atoms with E-state index in [1.54, 1.807) is 37.7 Å². The Balaban J connectivity index is 0.000000960. The van der Waals surface area contributed by atoms with Gasteiger partial charge in [-0.05, 0) is 99.2 Å². The van der Waals surface area contributed by atoms with Gasteiger partial charge >= 0.3 is 0 Å². The smallest absolute Gasteiger partial charge is 0.0266 e. The highest BCUT2D eigenvalue weighted by Crippen LogP contribution is 2.64. The van der Waals surface area contributed by atoms with Crippen molar-refractivity contribution in [3.8, 4) is 0 Å². The lowest BCUT2D eigenvalue weighted by Crippen LogP contribution is -2.47. The fraction of sp³-hybridized carbons (Fsp3) is 0.913. The van der Waals surface area contributed by atoms with Crippen LogP contribution in [0.3, 0.4) is 0 Å². The van der Waals surface area contributed by atoms with Crippen molar-refractivity contribution in [2.75, 3.05) is 0 Å². The number of hydrogen-bond acceptors (Lipinski definition) is 0. The Morgan fingerprint density at radius 3 is 2.52 bits per heavy atom. The van der Waals surface area contributed by atoms with Gasteiger partial charge in [0.05, 0.1) is 0 Å². The fourth-order valence-corrected chi connectivity index (χ4v) is 7.47. The highest BCUT2D eigenvalue weighted by molar-refractivity contribution is 5.11. The molecule has 0 aromatic heterocycles. The maximum Gasteiger partial charge on any atom is -0.0266 e. The van der Waals surface area contributed by atoms with Gasteiger partial charge in [0, 0.05) is 0 Å². The predicted molar refractivity (Wildman–Crippen MR) is 103 cm³/mol. The molecule has 0 bridgehead atoms. The maximum atomic E-state index is 2.67. The van der Waals surface area contributed by atoms with Crippen LogP contribution in [0.25, 0.3) is 0 Å². The van der Waals surface area contributed by atoms with Gasteiger partial charge in [-0.15, -0.1) is 0 Å². The lowest BCUT2D eigenvalue weighted by atomic mass is 9.50. The molecular weight excluding hydrogens is 276 g/mol. The van der Waals surface area contributed by atoms with E-state index >= 15 is 0 Å². The molecule has 0 N–H and O–H groups in total. The first kappa shape index (κ1) is 19.1. The molecular formula is C23H42. The number of allylic oxidation sites excluding steroid dienone is 2. The predicted octanol–water partition coefficient (Wildman–Crippen LogP) is 7.49. The van der Waals surface area contributed by atoms with E-state index in [1.165, 1.54) is 25.7 Å². The minimum Gasteiger partial charge on any atom is -0.0853 e. The van der Waals surface area contributed by atoms with Crippen LogP contribution in [0.15, 0.2) is 11.6 Å². The van der Waals surface area contributed by atoms with Crippen LogP contribution in [0.2, 0.25) is 0 Å². The lowest BCUT2D eigenvalue weighted by molar-refractivity contribution is -0.0530. The van der Waals surface area contributed by atoms with Gasteiger partial charge < -0.3 is 0 Å². The summed E-state index contributed by atoms with van der Waals surface area (Å²) >= 11 is 0. The van der Waals surface area contributed by atoms with Crippen molar-refractivity contribution in [2.24, 2.45) is 40.9 Å². The molecule has 134 valence electrons. The Bertz CT molecular complexity index is 433. The van der Waals surface area contributed by atoms with Crippen molar-refractivity contribution in [2.45, 2.75) is 93.4 Å². The molecule has 0 aromatic carbocycles. The Kier molecular flexibility index (Phi) is 5.74. The van der Waals surface area contributed by atoms with Gasteiger partial charge in [-0.3, -0.25) is 0 Å². The monoisotopic (exact) mass is 318 g/mol. The molecule has 7 atom stereocenters. The fourth-order valence-electron chi connectivity index (χ4n) is 7.47. The van der Waals surface area contributed by atoms with Crippen LogP contribution in [0, 0.1) is 40.9 Å². The summed E-state index contributed by atoms with van der Waals surface area (Å²) in [7, 11) is 0. The second-order valence-electron chi connectivity index (χ2n) is 9.15. The van der Waals surface area contributed by atoms with Crippen LogP contribution in [0.4, 0.5) is 0 Å². The second kappa shape index (κ2) is 6.93. The average molecular weight is 319 g/mol. The molecule has 0 amide bonds. The van der Waals surface area contributed by atoms with E-state index in [0.717, 1.165) is 35.5 Å². The zero-order chi connectivity index (χ0) is 14.6. The summed E-state index contributed by atoms with van der Waals surface area (Å²) in [4.78, 5) is 0. The molecule has 0 radical (unpaired) electrons. The van der Waals surface area contributed by atoms with E-state index in [4.69, 9.17) is 0 Å². The molecule has 4 rings (SSSR count). The molecule has 3 saturated carbocycles. The Labute approximate surface area is 146 Å². The summed E-state index contributed by atoms with van der Waals surface area (Å²) in [6, 6.07) is 0. The van der Waals surface area contributed by atoms with Crippen molar-refractivity contribution < 1.29 is 0 Å². The van der Waals surface area contributed by atoms with E-state index in [-0.39, 0.29) is 14.9 Å². The van der Waals surface area contributed by atoms with Crippen molar-refractivity contribution in [3.63, 3.8) is 0 Å². The van der Waals surface area contributed by atoms with Gasteiger partial charge in [0.2, 0.25) is 0 Å². The molecule has 23 heavy (non-hydrogen) atoms. The maximum absolute atomic E-state index is 2.67. The molecule has 0 heteroatoms. The first-order chi connectivity index (χ1) is 10.1. The Hall–Kier alpha value is -0.260. The SMILES string of the molecule is C.C.CCC1CCC2C3CCC4CC(C)=CCC4C3CCC12C. The molecule has 7 unspecified atom stereocenters. The van der Waals surface area contributed by atoms with Crippen LogP contribution in [-0.2, 0) is 0 Å². The topological polar surface area (TPSA) is 0 Å². The quantitative estimate of drug-likeness (QED) is 0.439. The van der Waals surface area contributed by atoms with Crippen molar-refractivity contribution in [3.05, 3.63) is 11.6 Å². The average Bonchev–Trinajstić information content (AvgIpc) is 2.83. The van der Waals surface area contributed by atoms with E-state index in [9.17, 15) is 0 Å². The summed E-state index contributed by atoms with van der Waals surface area (Å²) in [6.07, 6.45) is 16.2. The third-order valence-corrected chi connectivity index (χ3v) is 8.53. The van der Waals surface area contributed by atoms with Crippen molar-refractivity contribution >= 4 is 0 Å². The number of rotatable bonds is 1.